The van der Waals surface area contributed by atoms with Gasteiger partial charge in [0.05, 0.1) is 10.9 Å². The van der Waals surface area contributed by atoms with Crippen LogP contribution in [0.3, 0.4) is 0 Å². The van der Waals surface area contributed by atoms with Gasteiger partial charge in [0.1, 0.15) is 5.01 Å². The zero-order valence-corrected chi connectivity index (χ0v) is 12.9. The van der Waals surface area contributed by atoms with Gasteiger partial charge in [-0.1, -0.05) is 6.07 Å². The minimum Gasteiger partial charge on any atom is -0.290 e. The van der Waals surface area contributed by atoms with Crippen molar-refractivity contribution in [1.29, 1.82) is 0 Å². The molecule has 3 rings (SSSR count). The molecule has 7 heteroatoms. The fraction of sp³-hybridized carbons (Fsp3) is 0.250. The second kappa shape index (κ2) is 4.99. The minimum absolute atomic E-state index is 0.0852. The van der Waals surface area contributed by atoms with Crippen molar-refractivity contribution in [2.75, 3.05) is 0 Å². The van der Waals surface area contributed by atoms with Gasteiger partial charge in [0, 0.05) is 11.1 Å². The van der Waals surface area contributed by atoms with E-state index in [4.69, 9.17) is 12.2 Å². The molecule has 98 valence electrons. The number of nitrogens with one attached hydrogen (secondary N) is 1. The van der Waals surface area contributed by atoms with Crippen LogP contribution in [0.1, 0.15) is 22.9 Å². The Morgan fingerprint density at radius 3 is 2.95 bits per heavy atom. The monoisotopic (exact) mass is 308 g/mol. The van der Waals surface area contributed by atoms with Crippen molar-refractivity contribution in [1.82, 2.24) is 19.7 Å². The van der Waals surface area contributed by atoms with Crippen LogP contribution in [0, 0.1) is 11.7 Å². The van der Waals surface area contributed by atoms with E-state index in [1.54, 1.807) is 22.7 Å². The number of hydrogen-bond acceptors (Lipinski definition) is 5. The van der Waals surface area contributed by atoms with Gasteiger partial charge in [-0.05, 0) is 37.5 Å². The van der Waals surface area contributed by atoms with Crippen molar-refractivity contribution in [3.05, 3.63) is 38.4 Å². The summed E-state index contributed by atoms with van der Waals surface area (Å²) in [4.78, 5) is 6.76. The zero-order chi connectivity index (χ0) is 13.4. The first-order valence-electron chi connectivity index (χ1n) is 5.80. The summed E-state index contributed by atoms with van der Waals surface area (Å²) in [6.07, 6.45) is 1.89. The number of thiophene rings is 1. The molecule has 1 atom stereocenters. The van der Waals surface area contributed by atoms with Crippen LogP contribution in [0.4, 0.5) is 0 Å². The van der Waals surface area contributed by atoms with Crippen LogP contribution < -0.4 is 0 Å². The average molecular weight is 308 g/mol. The molecule has 1 unspecified atom stereocenters. The Bertz CT molecular complexity index is 735. The first-order chi connectivity index (χ1) is 9.16. The summed E-state index contributed by atoms with van der Waals surface area (Å²) < 4.78 is 2.66. The summed E-state index contributed by atoms with van der Waals surface area (Å²) in [6, 6.07) is 4.15. The van der Waals surface area contributed by atoms with Crippen LogP contribution in [-0.2, 0) is 0 Å². The lowest BCUT2D eigenvalue weighted by atomic mass is 10.3. The summed E-state index contributed by atoms with van der Waals surface area (Å²) in [6.45, 7) is 4.16. The molecule has 0 spiro atoms. The Balaban J connectivity index is 2.10. The predicted octanol–water partition coefficient (Wildman–Crippen LogP) is 4.04. The van der Waals surface area contributed by atoms with Crippen molar-refractivity contribution >= 4 is 34.9 Å². The van der Waals surface area contributed by atoms with Crippen molar-refractivity contribution < 1.29 is 0 Å². The number of H-pyrrole nitrogens is 1. The number of thiazole rings is 1. The van der Waals surface area contributed by atoms with Crippen LogP contribution >= 0.6 is 34.9 Å². The van der Waals surface area contributed by atoms with Crippen molar-refractivity contribution in [2.45, 2.75) is 19.9 Å². The van der Waals surface area contributed by atoms with Gasteiger partial charge in [-0.15, -0.1) is 22.7 Å². The Kier molecular flexibility index (Phi) is 3.34. The van der Waals surface area contributed by atoms with Crippen molar-refractivity contribution in [2.24, 2.45) is 0 Å². The second-order valence-corrected chi connectivity index (χ2v) is 6.79. The topological polar surface area (TPSA) is 46.5 Å². The van der Waals surface area contributed by atoms with E-state index in [1.165, 1.54) is 4.88 Å². The zero-order valence-electron chi connectivity index (χ0n) is 10.5. The number of hydrogen-bond donors (Lipinski definition) is 1. The van der Waals surface area contributed by atoms with Crippen LogP contribution in [-0.4, -0.2) is 19.7 Å². The van der Waals surface area contributed by atoms with Crippen LogP contribution in [0.5, 0.6) is 0 Å². The summed E-state index contributed by atoms with van der Waals surface area (Å²) in [7, 11) is 0. The third-order valence-corrected chi connectivity index (χ3v) is 5.07. The number of rotatable bonds is 3. The van der Waals surface area contributed by atoms with Gasteiger partial charge in [-0.3, -0.25) is 9.67 Å². The average Bonchev–Trinajstić information content (AvgIpc) is 3.07. The molecule has 4 nitrogen and oxygen atoms in total. The summed E-state index contributed by atoms with van der Waals surface area (Å²) in [5, 5.41) is 10.3. The van der Waals surface area contributed by atoms with Gasteiger partial charge < -0.3 is 0 Å². The van der Waals surface area contributed by atoms with Gasteiger partial charge in [-0.2, -0.15) is 5.10 Å². The van der Waals surface area contributed by atoms with Crippen LogP contribution in [0.15, 0.2) is 23.7 Å². The molecule has 0 aliphatic rings. The molecule has 19 heavy (non-hydrogen) atoms. The van der Waals surface area contributed by atoms with Gasteiger partial charge in [0.15, 0.2) is 10.6 Å². The molecular formula is C12H12N4S3. The highest BCUT2D eigenvalue weighted by molar-refractivity contribution is 7.71. The maximum atomic E-state index is 5.36. The lowest BCUT2D eigenvalue weighted by Crippen LogP contribution is -2.08. The Hall–Kier alpha value is -1.31. The number of nitrogens with zero attached hydrogens (tertiary/aromatic N) is 3. The molecule has 1 N–H and O–H groups in total. The highest BCUT2D eigenvalue weighted by Gasteiger charge is 2.18. The Labute approximate surface area is 123 Å². The van der Waals surface area contributed by atoms with Crippen molar-refractivity contribution in [3.63, 3.8) is 0 Å². The highest BCUT2D eigenvalue weighted by atomic mass is 32.1. The molecular weight excluding hydrogens is 296 g/mol. The molecule has 0 aliphatic carbocycles. The molecule has 0 aliphatic heterocycles. The second-order valence-electron chi connectivity index (χ2n) is 4.18. The van der Waals surface area contributed by atoms with Gasteiger partial charge in [-0.25, -0.2) is 4.98 Å². The van der Waals surface area contributed by atoms with E-state index in [0.29, 0.717) is 4.77 Å². The third kappa shape index (κ3) is 2.29. The molecule has 3 heterocycles. The molecule has 3 aromatic rings. The van der Waals surface area contributed by atoms with Gasteiger partial charge >= 0.3 is 0 Å². The van der Waals surface area contributed by atoms with Crippen LogP contribution in [0.25, 0.3) is 10.7 Å². The number of aromatic amines is 1. The minimum atomic E-state index is 0.0852. The standard InChI is InChI=1S/C12H12N4S3/c1-7-6-13-11(19-7)8(2)16-10(14-15-12(16)17)9-4-3-5-18-9/h3-6,8H,1-2H3,(H,15,17). The lowest BCUT2D eigenvalue weighted by Gasteiger charge is -2.12. The molecule has 0 aromatic carbocycles. The Morgan fingerprint density at radius 2 is 2.32 bits per heavy atom. The fourth-order valence-electron chi connectivity index (χ4n) is 1.92. The smallest absolute Gasteiger partial charge is 0.196 e. The largest absolute Gasteiger partial charge is 0.290 e. The van der Waals surface area contributed by atoms with E-state index >= 15 is 0 Å². The first-order valence-corrected chi connectivity index (χ1v) is 7.90. The SMILES string of the molecule is Cc1cnc(C(C)n2c(-c3cccs3)n[nH]c2=S)s1. The maximum absolute atomic E-state index is 5.36. The first kappa shape index (κ1) is 12.7. The molecule has 3 aromatic heterocycles. The normalized spacial score (nSPS) is 12.7. The van der Waals surface area contributed by atoms with E-state index < -0.39 is 0 Å². The molecule has 0 saturated heterocycles. The molecule has 0 bridgehead atoms. The fourth-order valence-corrected chi connectivity index (χ4v) is 3.74. The van der Waals surface area contributed by atoms with E-state index in [9.17, 15) is 0 Å². The van der Waals surface area contributed by atoms with Gasteiger partial charge in [0.25, 0.3) is 0 Å². The molecule has 0 fully saturated rings. The molecule has 0 radical (unpaired) electrons. The van der Waals surface area contributed by atoms with Crippen LogP contribution in [0.2, 0.25) is 0 Å². The maximum Gasteiger partial charge on any atom is 0.196 e. The Morgan fingerprint density at radius 1 is 1.47 bits per heavy atom. The van der Waals surface area contributed by atoms with E-state index in [0.717, 1.165) is 15.7 Å². The van der Waals surface area contributed by atoms with Gasteiger partial charge in [0.2, 0.25) is 0 Å². The van der Waals surface area contributed by atoms with E-state index in [-0.39, 0.29) is 6.04 Å². The van der Waals surface area contributed by atoms with Crippen molar-refractivity contribution in [3.8, 4) is 10.7 Å². The van der Waals surface area contributed by atoms with E-state index in [1.807, 2.05) is 28.3 Å². The number of aryl methyl sites for hydroxylation is 1. The number of aromatic nitrogens is 4. The third-order valence-electron chi connectivity index (χ3n) is 2.83. The molecule has 0 amide bonds. The lowest BCUT2D eigenvalue weighted by molar-refractivity contribution is 0.631. The summed E-state index contributed by atoms with van der Waals surface area (Å²) in [5.41, 5.74) is 0. The molecule has 0 saturated carbocycles. The predicted molar refractivity (Wildman–Crippen MR) is 81.4 cm³/mol. The summed E-state index contributed by atoms with van der Waals surface area (Å²) >= 11 is 8.70. The quantitative estimate of drug-likeness (QED) is 0.743. The highest BCUT2D eigenvalue weighted by Crippen LogP contribution is 2.29. The summed E-state index contributed by atoms with van der Waals surface area (Å²) in [5.74, 6) is 0.875. The van der Waals surface area contributed by atoms with E-state index in [2.05, 4.69) is 29.0 Å².